The first-order chi connectivity index (χ1) is 34.4. The summed E-state index contributed by atoms with van der Waals surface area (Å²) in [6.45, 7) is 4.79. The van der Waals surface area contributed by atoms with E-state index in [0.717, 1.165) is 39.7 Å². The number of aromatic nitrogens is 1. The average Bonchev–Trinajstić information content (AvgIpc) is 3.89. The molecule has 0 atom stereocenters. The van der Waals surface area contributed by atoms with E-state index in [2.05, 4.69) is 254 Å². The quantitative estimate of drug-likeness (QED) is 0.159. The van der Waals surface area contributed by atoms with Gasteiger partial charge < -0.3 is 9.80 Å². The summed E-state index contributed by atoms with van der Waals surface area (Å²) >= 11 is 1.86. The van der Waals surface area contributed by atoms with Gasteiger partial charge in [0.25, 0.3) is 0 Å². The van der Waals surface area contributed by atoms with Crippen molar-refractivity contribution in [3.8, 4) is 22.4 Å². The molecule has 11 aromatic carbocycles. The third kappa shape index (κ3) is 6.45. The van der Waals surface area contributed by atoms with Crippen LogP contribution in [0.2, 0.25) is 0 Å². The zero-order valence-corrected chi connectivity index (χ0v) is 39.6. The molecular weight excluding hydrogens is 867 g/mol. The maximum atomic E-state index is 5.23. The minimum Gasteiger partial charge on any atom is -0.310 e. The summed E-state index contributed by atoms with van der Waals surface area (Å²) in [5, 5.41) is 12.3. The number of fused-ring (bicyclic) bond motifs is 11. The molecule has 13 aromatic rings. The molecule has 2 heterocycles. The number of hydrogen-bond acceptors (Lipinski definition) is 4. The molecule has 1 aliphatic carbocycles. The van der Waals surface area contributed by atoms with Crippen LogP contribution in [0.1, 0.15) is 25.0 Å². The van der Waals surface area contributed by atoms with Crippen molar-refractivity contribution in [3.05, 3.63) is 248 Å². The standard InChI is InChI=1S/C66H45N3S/c1-66(2)59-38-48(61-33-30-53(41-67-61)68(49-27-23-42-13-3-6-16-45(42)35-49)50-28-24-43-14-4-7-17-46(43)36-50)26-32-57(59)65-56-21-10-9-19-54(56)62(40-60(65)66)69(51-29-25-44-15-5-8-18-47(44)37-51)52-31-34-64-58(39-52)55-20-11-12-22-63(55)70-64/h3-41H,1-2H3. The zero-order valence-electron chi connectivity index (χ0n) is 38.8. The second kappa shape index (κ2) is 15.7. The molecule has 3 nitrogen and oxygen atoms in total. The van der Waals surface area contributed by atoms with Gasteiger partial charge in [0.2, 0.25) is 0 Å². The first kappa shape index (κ1) is 40.5. The Bertz CT molecular complexity index is 4160. The lowest BCUT2D eigenvalue weighted by atomic mass is 9.81. The molecule has 2 aromatic heterocycles. The Morgan fingerprint density at radius 3 is 1.51 bits per heavy atom. The lowest BCUT2D eigenvalue weighted by Crippen LogP contribution is -2.17. The number of rotatable bonds is 7. The maximum Gasteiger partial charge on any atom is 0.0703 e. The SMILES string of the molecule is CC1(C)c2cc(-c3ccc(N(c4ccc5ccccc5c4)c4ccc5ccccc5c4)cn3)ccc2-c2c1cc(N(c1ccc3ccccc3c1)c1ccc3sc4ccccc4c3c1)c1ccccc21. The van der Waals surface area contributed by atoms with Crippen molar-refractivity contribution < 1.29 is 0 Å². The fourth-order valence-corrected chi connectivity index (χ4v) is 12.4. The number of thiophene rings is 1. The number of nitrogens with zero attached hydrogens (tertiary/aromatic N) is 3. The van der Waals surface area contributed by atoms with Crippen LogP contribution in [-0.2, 0) is 5.41 Å². The number of pyridine rings is 1. The number of benzene rings is 11. The summed E-state index contributed by atoms with van der Waals surface area (Å²) in [7, 11) is 0. The van der Waals surface area contributed by atoms with Crippen LogP contribution in [0.5, 0.6) is 0 Å². The van der Waals surface area contributed by atoms with Gasteiger partial charge in [-0.2, -0.15) is 0 Å². The van der Waals surface area contributed by atoms with E-state index in [9.17, 15) is 0 Å². The van der Waals surface area contributed by atoms with Gasteiger partial charge >= 0.3 is 0 Å². The molecule has 0 fully saturated rings. The van der Waals surface area contributed by atoms with Crippen LogP contribution in [-0.4, -0.2) is 4.98 Å². The van der Waals surface area contributed by atoms with Crippen molar-refractivity contribution >= 4 is 109 Å². The highest BCUT2D eigenvalue weighted by molar-refractivity contribution is 7.25. The fraction of sp³-hybridized carbons (Fsp3) is 0.0455. The third-order valence-electron chi connectivity index (χ3n) is 14.8. The molecule has 0 bridgehead atoms. The zero-order chi connectivity index (χ0) is 46.5. The molecule has 70 heavy (non-hydrogen) atoms. The number of anilines is 6. The van der Waals surface area contributed by atoms with E-state index in [1.807, 2.05) is 17.5 Å². The molecule has 0 radical (unpaired) electrons. The van der Waals surface area contributed by atoms with Gasteiger partial charge in [-0.05, 0) is 145 Å². The molecular formula is C66H45N3S. The second-order valence-electron chi connectivity index (χ2n) is 19.2. The summed E-state index contributed by atoms with van der Waals surface area (Å²) < 4.78 is 2.61. The van der Waals surface area contributed by atoms with Crippen LogP contribution in [0.15, 0.2) is 237 Å². The molecule has 0 spiro atoms. The highest BCUT2D eigenvalue weighted by Gasteiger charge is 2.38. The lowest BCUT2D eigenvalue weighted by Gasteiger charge is -2.30. The normalized spacial score (nSPS) is 12.8. The van der Waals surface area contributed by atoms with Gasteiger partial charge in [0, 0.05) is 59.3 Å². The van der Waals surface area contributed by atoms with Crippen LogP contribution < -0.4 is 9.80 Å². The van der Waals surface area contributed by atoms with Crippen molar-refractivity contribution in [1.29, 1.82) is 0 Å². The smallest absolute Gasteiger partial charge is 0.0703 e. The van der Waals surface area contributed by atoms with Gasteiger partial charge in [-0.15, -0.1) is 11.3 Å². The van der Waals surface area contributed by atoms with E-state index in [0.29, 0.717) is 0 Å². The molecule has 0 N–H and O–H groups in total. The van der Waals surface area contributed by atoms with E-state index in [1.54, 1.807) is 0 Å². The predicted octanol–water partition coefficient (Wildman–Crippen LogP) is 19.0. The summed E-state index contributed by atoms with van der Waals surface area (Å²) in [4.78, 5) is 10.1. The van der Waals surface area contributed by atoms with Crippen LogP contribution >= 0.6 is 11.3 Å². The van der Waals surface area contributed by atoms with Crippen LogP contribution in [0.3, 0.4) is 0 Å². The van der Waals surface area contributed by atoms with Crippen molar-refractivity contribution in [3.63, 3.8) is 0 Å². The Hall–Kier alpha value is -8.57. The Kier molecular flexibility index (Phi) is 9.11. The first-order valence-electron chi connectivity index (χ1n) is 24.1. The molecule has 0 unspecified atom stereocenters. The molecule has 0 saturated heterocycles. The summed E-state index contributed by atoms with van der Waals surface area (Å²) in [5.41, 5.74) is 13.6. The highest BCUT2D eigenvalue weighted by Crippen LogP contribution is 2.55. The van der Waals surface area contributed by atoms with Crippen molar-refractivity contribution in [2.45, 2.75) is 19.3 Å². The van der Waals surface area contributed by atoms with Gasteiger partial charge in [0.05, 0.1) is 23.3 Å². The van der Waals surface area contributed by atoms with E-state index in [4.69, 9.17) is 4.98 Å². The van der Waals surface area contributed by atoms with Gasteiger partial charge in [0.1, 0.15) is 0 Å². The topological polar surface area (TPSA) is 19.4 Å². The Morgan fingerprint density at radius 1 is 0.371 bits per heavy atom. The Morgan fingerprint density at radius 2 is 0.886 bits per heavy atom. The van der Waals surface area contributed by atoms with Gasteiger partial charge in [0.15, 0.2) is 0 Å². The largest absolute Gasteiger partial charge is 0.310 e. The van der Waals surface area contributed by atoms with E-state index < -0.39 is 0 Å². The third-order valence-corrected chi connectivity index (χ3v) is 15.9. The average molecular weight is 912 g/mol. The molecule has 0 saturated carbocycles. The fourth-order valence-electron chi connectivity index (χ4n) is 11.3. The summed E-state index contributed by atoms with van der Waals surface area (Å²) in [5.74, 6) is 0. The van der Waals surface area contributed by atoms with Gasteiger partial charge in [-0.3, -0.25) is 4.98 Å². The van der Waals surface area contributed by atoms with Crippen molar-refractivity contribution in [2.24, 2.45) is 0 Å². The minimum atomic E-state index is -0.301. The van der Waals surface area contributed by atoms with Gasteiger partial charge in [-0.1, -0.05) is 159 Å². The molecule has 0 amide bonds. The first-order valence-corrected chi connectivity index (χ1v) is 24.9. The van der Waals surface area contributed by atoms with Crippen molar-refractivity contribution in [2.75, 3.05) is 9.80 Å². The summed E-state index contributed by atoms with van der Waals surface area (Å²) in [6, 6.07) is 84.8. The number of hydrogen-bond donors (Lipinski definition) is 0. The van der Waals surface area contributed by atoms with E-state index in [1.165, 1.54) is 91.2 Å². The van der Waals surface area contributed by atoms with Crippen molar-refractivity contribution in [1.82, 2.24) is 4.98 Å². The monoisotopic (exact) mass is 911 g/mol. The van der Waals surface area contributed by atoms with Crippen LogP contribution in [0, 0.1) is 0 Å². The lowest BCUT2D eigenvalue weighted by molar-refractivity contribution is 0.661. The Balaban J connectivity index is 0.886. The van der Waals surface area contributed by atoms with E-state index >= 15 is 0 Å². The van der Waals surface area contributed by atoms with Crippen LogP contribution in [0.25, 0.3) is 85.6 Å². The molecule has 0 aliphatic heterocycles. The minimum absolute atomic E-state index is 0.301. The van der Waals surface area contributed by atoms with Gasteiger partial charge in [-0.25, -0.2) is 0 Å². The van der Waals surface area contributed by atoms with Crippen LogP contribution in [0.4, 0.5) is 34.1 Å². The molecule has 4 heteroatoms. The molecule has 1 aliphatic rings. The maximum absolute atomic E-state index is 5.23. The highest BCUT2D eigenvalue weighted by atomic mass is 32.1. The Labute approximate surface area is 410 Å². The molecule has 14 rings (SSSR count). The summed E-state index contributed by atoms with van der Waals surface area (Å²) in [6.07, 6.45) is 2.03. The second-order valence-corrected chi connectivity index (χ2v) is 20.3. The molecule has 330 valence electrons. The predicted molar refractivity (Wildman–Crippen MR) is 300 cm³/mol. The van der Waals surface area contributed by atoms with E-state index in [-0.39, 0.29) is 5.41 Å².